The summed E-state index contributed by atoms with van der Waals surface area (Å²) in [6.45, 7) is 16.7. The lowest BCUT2D eigenvalue weighted by atomic mass is 9.99. The highest BCUT2D eigenvalue weighted by Gasteiger charge is 2.57. The van der Waals surface area contributed by atoms with Crippen molar-refractivity contribution < 1.29 is 31.1 Å². The van der Waals surface area contributed by atoms with E-state index in [0.717, 1.165) is 12.6 Å². The second-order valence-corrected chi connectivity index (χ2v) is 18.9. The lowest BCUT2D eigenvalue weighted by molar-refractivity contribution is -0.145. The Kier molecular flexibility index (Phi) is 8.38. The molecule has 6 nitrogen and oxygen atoms in total. The Bertz CT molecular complexity index is 1320. The number of ether oxygens (including phenoxy) is 1. The summed E-state index contributed by atoms with van der Waals surface area (Å²) in [4.78, 5) is 13.0. The molecular weight excluding hydrogens is 533 g/mol. The maximum absolute atomic E-state index is 14.0. The third kappa shape index (κ3) is 4.64. The highest BCUT2D eigenvalue weighted by Crippen LogP contribution is 2.48. The fraction of sp³-hybridized carbons (Fsp3) is 0.593. The van der Waals surface area contributed by atoms with E-state index in [2.05, 4.69) is 45.8 Å². The molecule has 3 rings (SSSR count). The first-order chi connectivity index (χ1) is 17.4. The SMILES string of the molecule is COC(=O)[C@@H]1Cc2cn([Si](C(C)C)(C(C)C)C(C)C)c3cccc(c23)[C@@H](C=C(C)C)N1S(=O)(=O)C(F)(F)F. The van der Waals surface area contributed by atoms with Crippen molar-refractivity contribution in [2.45, 2.75) is 96.0 Å². The average Bonchev–Trinajstić information content (AvgIpc) is 3.07. The molecule has 0 radical (unpaired) electrons. The van der Waals surface area contributed by atoms with Crippen molar-refractivity contribution in [2.24, 2.45) is 0 Å². The number of rotatable bonds is 7. The standard InChI is InChI=1S/C27H39F3N2O4SSi/c1-16(2)13-23-21-11-10-12-22-25(21)20(15-31(22)38(17(3)4,18(5)6)19(7)8)14-24(26(33)36-9)32(23)37(34,35)27(28,29)30/h10-13,15,17-19,23-24H,14H2,1-9H3/t23-,24+/m1/s1. The Morgan fingerprint density at radius 1 is 1.08 bits per heavy atom. The van der Waals surface area contributed by atoms with Gasteiger partial charge in [0.2, 0.25) is 0 Å². The van der Waals surface area contributed by atoms with Gasteiger partial charge in [-0.25, -0.2) is 8.42 Å². The van der Waals surface area contributed by atoms with Crippen LogP contribution in [0.5, 0.6) is 0 Å². The summed E-state index contributed by atoms with van der Waals surface area (Å²) < 4.78 is 75.7. The molecule has 0 fully saturated rings. The quantitative estimate of drug-likeness (QED) is 0.205. The summed E-state index contributed by atoms with van der Waals surface area (Å²) in [5.41, 5.74) is -2.02. The van der Waals surface area contributed by atoms with Gasteiger partial charge in [0, 0.05) is 17.3 Å². The number of benzene rings is 1. The first-order valence-corrected chi connectivity index (χ1v) is 16.5. The molecule has 0 amide bonds. The fourth-order valence-corrected chi connectivity index (χ4v) is 14.7. The van der Waals surface area contributed by atoms with Crippen LogP contribution in [0.25, 0.3) is 10.9 Å². The number of sulfonamides is 1. The van der Waals surface area contributed by atoms with Crippen LogP contribution in [0.15, 0.2) is 36.0 Å². The van der Waals surface area contributed by atoms with Crippen molar-refractivity contribution in [3.63, 3.8) is 0 Å². The van der Waals surface area contributed by atoms with Crippen molar-refractivity contribution in [1.82, 2.24) is 8.54 Å². The molecule has 212 valence electrons. The Balaban J connectivity index is 2.53. The largest absolute Gasteiger partial charge is 0.511 e. The molecule has 1 aliphatic rings. The summed E-state index contributed by atoms with van der Waals surface area (Å²) in [5, 5.41) is 0.711. The third-order valence-corrected chi connectivity index (χ3v) is 16.4. The number of methoxy groups -OCH3 is 1. The minimum absolute atomic E-state index is 0.228. The average molecular weight is 573 g/mol. The van der Waals surface area contributed by atoms with Gasteiger partial charge in [-0.05, 0) is 53.9 Å². The molecule has 2 heterocycles. The van der Waals surface area contributed by atoms with E-state index in [4.69, 9.17) is 4.74 Å². The molecule has 0 N–H and O–H groups in total. The maximum atomic E-state index is 14.0. The van der Waals surface area contributed by atoms with E-state index in [-0.39, 0.29) is 6.42 Å². The molecule has 1 aromatic carbocycles. The van der Waals surface area contributed by atoms with Crippen molar-refractivity contribution in [1.29, 1.82) is 0 Å². The van der Waals surface area contributed by atoms with Gasteiger partial charge in [0.05, 0.1) is 13.2 Å². The van der Waals surface area contributed by atoms with E-state index in [1.54, 1.807) is 26.0 Å². The number of nitrogens with zero attached hydrogens (tertiary/aromatic N) is 2. The molecule has 0 spiro atoms. The summed E-state index contributed by atoms with van der Waals surface area (Å²) in [6, 6.07) is 2.36. The van der Waals surface area contributed by atoms with Gasteiger partial charge in [0.25, 0.3) is 0 Å². The van der Waals surface area contributed by atoms with Gasteiger partial charge >= 0.3 is 21.5 Å². The predicted molar refractivity (Wildman–Crippen MR) is 147 cm³/mol. The number of alkyl halides is 3. The maximum Gasteiger partial charge on any atom is 0.511 e. The van der Waals surface area contributed by atoms with Crippen molar-refractivity contribution >= 4 is 35.1 Å². The number of halogens is 3. The monoisotopic (exact) mass is 572 g/mol. The normalized spacial score (nSPS) is 19.3. The van der Waals surface area contributed by atoms with Gasteiger partial charge in [-0.15, -0.1) is 0 Å². The Labute approximate surface area is 225 Å². The molecule has 11 heteroatoms. The van der Waals surface area contributed by atoms with Crippen LogP contribution in [0.4, 0.5) is 13.2 Å². The van der Waals surface area contributed by atoms with Crippen LogP contribution in [0.2, 0.25) is 16.6 Å². The molecule has 0 bridgehead atoms. The third-order valence-electron chi connectivity index (χ3n) is 7.98. The first-order valence-electron chi connectivity index (χ1n) is 12.9. The van der Waals surface area contributed by atoms with Gasteiger partial charge in [-0.2, -0.15) is 17.5 Å². The number of hydrogen-bond acceptors (Lipinski definition) is 4. The lowest BCUT2D eigenvalue weighted by Gasteiger charge is -2.44. The van der Waals surface area contributed by atoms with Crippen molar-refractivity contribution in [3.8, 4) is 0 Å². The van der Waals surface area contributed by atoms with E-state index in [0.29, 0.717) is 43.0 Å². The molecular formula is C27H39F3N2O4SSi. The Morgan fingerprint density at radius 3 is 2.08 bits per heavy atom. The van der Waals surface area contributed by atoms with E-state index in [1.165, 1.54) is 6.08 Å². The number of carbonyl (C=O) groups excluding carboxylic acids is 1. The number of hydrogen-bond donors (Lipinski definition) is 0. The van der Waals surface area contributed by atoms with Crippen LogP contribution in [-0.4, -0.2) is 49.8 Å². The topological polar surface area (TPSA) is 68.6 Å². The number of allylic oxidation sites excluding steroid dienone is 1. The van der Waals surface area contributed by atoms with Crippen LogP contribution in [-0.2, 0) is 26.0 Å². The summed E-state index contributed by atoms with van der Waals surface area (Å²) in [5.74, 6) is -1.03. The molecule has 1 aliphatic heterocycles. The minimum atomic E-state index is -5.90. The molecule has 2 atom stereocenters. The molecule has 2 aromatic rings. The number of aromatic nitrogens is 1. The van der Waals surface area contributed by atoms with Crippen molar-refractivity contribution in [2.75, 3.05) is 7.11 Å². The van der Waals surface area contributed by atoms with Crippen LogP contribution in [0, 0.1) is 0 Å². The zero-order chi connectivity index (χ0) is 29.0. The van der Waals surface area contributed by atoms with E-state index < -0.39 is 41.8 Å². The van der Waals surface area contributed by atoms with Crippen LogP contribution < -0.4 is 0 Å². The number of carbonyl (C=O) groups is 1. The number of esters is 1. The summed E-state index contributed by atoms with van der Waals surface area (Å²) in [6.07, 6.45) is 3.23. The Morgan fingerprint density at radius 2 is 1.63 bits per heavy atom. The van der Waals surface area contributed by atoms with E-state index >= 15 is 0 Å². The van der Waals surface area contributed by atoms with E-state index in [9.17, 15) is 26.4 Å². The second-order valence-electron chi connectivity index (χ2n) is 11.3. The van der Waals surface area contributed by atoms with Gasteiger partial charge in [-0.3, -0.25) is 4.79 Å². The molecule has 0 aliphatic carbocycles. The zero-order valence-electron chi connectivity index (χ0n) is 23.6. The first kappa shape index (κ1) is 30.4. The van der Waals surface area contributed by atoms with Crippen LogP contribution in [0.1, 0.15) is 72.6 Å². The van der Waals surface area contributed by atoms with Crippen LogP contribution in [0.3, 0.4) is 0 Å². The molecule has 38 heavy (non-hydrogen) atoms. The van der Waals surface area contributed by atoms with Gasteiger partial charge in [0.15, 0.2) is 8.24 Å². The lowest BCUT2D eigenvalue weighted by Crippen LogP contribution is -2.52. The van der Waals surface area contributed by atoms with Gasteiger partial charge < -0.3 is 8.97 Å². The molecule has 0 saturated carbocycles. The molecule has 0 unspecified atom stereocenters. The highest BCUT2D eigenvalue weighted by molar-refractivity contribution is 7.90. The second kappa shape index (κ2) is 10.5. The van der Waals surface area contributed by atoms with Gasteiger partial charge in [-0.1, -0.05) is 65.3 Å². The van der Waals surface area contributed by atoms with Crippen molar-refractivity contribution in [3.05, 3.63) is 47.2 Å². The fourth-order valence-electron chi connectivity index (χ4n) is 6.82. The highest BCUT2D eigenvalue weighted by atomic mass is 32.2. The summed E-state index contributed by atoms with van der Waals surface area (Å²) >= 11 is 0. The van der Waals surface area contributed by atoms with Gasteiger partial charge in [0.1, 0.15) is 6.04 Å². The molecule has 1 aromatic heterocycles. The molecule has 0 saturated heterocycles. The minimum Gasteiger partial charge on any atom is -0.468 e. The predicted octanol–water partition coefficient (Wildman–Crippen LogP) is 6.92. The van der Waals surface area contributed by atoms with Crippen LogP contribution >= 0.6 is 0 Å². The smallest absolute Gasteiger partial charge is 0.468 e. The van der Waals surface area contributed by atoms with E-state index in [1.807, 2.05) is 12.3 Å². The summed E-state index contributed by atoms with van der Waals surface area (Å²) in [7, 11) is -7.14. The zero-order valence-corrected chi connectivity index (χ0v) is 25.4. The Hall–Kier alpha value is -2.11.